The highest BCUT2D eigenvalue weighted by molar-refractivity contribution is 7.89. The summed E-state index contributed by atoms with van der Waals surface area (Å²) in [6.07, 6.45) is -4.99. The molecule has 0 spiro atoms. The largest absolute Gasteiger partial charge is 0.573 e. The van der Waals surface area contributed by atoms with Crippen molar-refractivity contribution in [2.75, 3.05) is 26.2 Å². The van der Waals surface area contributed by atoms with Gasteiger partial charge in [0.1, 0.15) is 10.6 Å². The summed E-state index contributed by atoms with van der Waals surface area (Å²) >= 11 is 6.06. The second kappa shape index (κ2) is 9.95. The normalized spacial score (nSPS) is 16.8. The Morgan fingerprint density at radius 2 is 1.35 bits per heavy atom. The maximum Gasteiger partial charge on any atom is 0.573 e. The van der Waals surface area contributed by atoms with Crippen LogP contribution in [0.5, 0.6) is 5.75 Å². The van der Waals surface area contributed by atoms with E-state index < -0.39 is 27.0 Å². The fourth-order valence-electron chi connectivity index (χ4n) is 4.11. The lowest BCUT2D eigenvalue weighted by atomic mass is 9.96. The zero-order valence-corrected chi connectivity index (χ0v) is 19.5. The van der Waals surface area contributed by atoms with E-state index in [9.17, 15) is 21.6 Å². The lowest BCUT2D eigenvalue weighted by molar-refractivity contribution is -0.275. The van der Waals surface area contributed by atoms with Crippen molar-refractivity contribution in [2.24, 2.45) is 0 Å². The molecule has 4 rings (SSSR count). The molecule has 1 aliphatic rings. The topological polar surface area (TPSA) is 49.9 Å². The maximum atomic E-state index is 13.2. The Balaban J connectivity index is 1.57. The number of benzene rings is 3. The van der Waals surface area contributed by atoms with E-state index in [1.807, 2.05) is 54.6 Å². The molecule has 1 heterocycles. The molecule has 1 saturated heterocycles. The molecule has 0 unspecified atom stereocenters. The van der Waals surface area contributed by atoms with Crippen LogP contribution >= 0.6 is 11.6 Å². The number of rotatable bonds is 6. The van der Waals surface area contributed by atoms with Gasteiger partial charge in [-0.15, -0.1) is 13.2 Å². The molecule has 1 atom stereocenters. The van der Waals surface area contributed by atoms with Crippen LogP contribution in [0, 0.1) is 0 Å². The van der Waals surface area contributed by atoms with E-state index in [4.69, 9.17) is 11.6 Å². The number of piperazine rings is 1. The fraction of sp³-hybridized carbons (Fsp3) is 0.250. The summed E-state index contributed by atoms with van der Waals surface area (Å²) in [5.41, 5.74) is 2.06. The van der Waals surface area contributed by atoms with Crippen molar-refractivity contribution >= 4 is 21.6 Å². The van der Waals surface area contributed by atoms with E-state index in [1.54, 1.807) is 0 Å². The number of ether oxygens (including phenoxy) is 1. The predicted octanol–water partition coefficient (Wildman–Crippen LogP) is 5.33. The van der Waals surface area contributed by atoms with Crippen LogP contribution in [0.4, 0.5) is 13.2 Å². The first-order valence-electron chi connectivity index (χ1n) is 10.5. The van der Waals surface area contributed by atoms with Gasteiger partial charge < -0.3 is 4.74 Å². The number of nitrogens with zero attached hydrogens (tertiary/aromatic N) is 2. The molecule has 1 fully saturated rings. The first-order valence-corrected chi connectivity index (χ1v) is 12.4. The summed E-state index contributed by atoms with van der Waals surface area (Å²) in [6, 6.07) is 22.0. The van der Waals surface area contributed by atoms with E-state index >= 15 is 0 Å². The number of hydrogen-bond donors (Lipinski definition) is 0. The highest BCUT2D eigenvalue weighted by Crippen LogP contribution is 2.34. The number of sulfonamides is 1. The van der Waals surface area contributed by atoms with Crippen LogP contribution in [0.25, 0.3) is 0 Å². The van der Waals surface area contributed by atoms with Crippen molar-refractivity contribution in [3.63, 3.8) is 0 Å². The molecule has 3 aromatic carbocycles. The van der Waals surface area contributed by atoms with Crippen LogP contribution in [0.3, 0.4) is 0 Å². The molecule has 5 nitrogen and oxygen atoms in total. The van der Waals surface area contributed by atoms with E-state index in [0.717, 1.165) is 23.3 Å². The molecule has 10 heteroatoms. The van der Waals surface area contributed by atoms with Gasteiger partial charge in [-0.05, 0) is 35.4 Å². The molecular formula is C24H22ClF3N2O3S. The van der Waals surface area contributed by atoms with Crippen LogP contribution in [0.2, 0.25) is 5.02 Å². The Bertz CT molecular complexity index is 1210. The molecule has 0 amide bonds. The van der Waals surface area contributed by atoms with Gasteiger partial charge in [0.25, 0.3) is 0 Å². The summed E-state index contributed by atoms with van der Waals surface area (Å²) in [5.74, 6) is -0.735. The molecule has 0 saturated carbocycles. The molecule has 0 bridgehead atoms. The number of hydrogen-bond acceptors (Lipinski definition) is 4. The molecule has 0 aromatic heterocycles. The van der Waals surface area contributed by atoms with E-state index in [0.29, 0.717) is 18.1 Å². The third-order valence-electron chi connectivity index (χ3n) is 5.63. The summed E-state index contributed by atoms with van der Waals surface area (Å²) in [5, 5.41) is 0.617. The SMILES string of the molecule is O=S(=O)(c1ccccc1OC(F)(F)F)N1CCN([C@H](c2ccccc2)c2ccc(Cl)cc2)CC1. The second-order valence-corrected chi connectivity index (χ2v) is 10.1. The average molecular weight is 511 g/mol. The number of alkyl halides is 3. The first-order chi connectivity index (χ1) is 16.1. The minimum absolute atomic E-state index is 0.121. The smallest absolute Gasteiger partial charge is 0.404 e. The van der Waals surface area contributed by atoms with E-state index in [1.165, 1.54) is 16.4 Å². The molecular weight excluding hydrogens is 489 g/mol. The Hall–Kier alpha value is -2.59. The van der Waals surface area contributed by atoms with Gasteiger partial charge in [0.15, 0.2) is 0 Å². The van der Waals surface area contributed by atoms with Crippen LogP contribution in [0.1, 0.15) is 17.2 Å². The molecule has 180 valence electrons. The fourth-order valence-corrected chi connectivity index (χ4v) is 5.77. The molecule has 0 radical (unpaired) electrons. The molecule has 34 heavy (non-hydrogen) atoms. The predicted molar refractivity (Wildman–Crippen MR) is 123 cm³/mol. The molecule has 3 aromatic rings. The van der Waals surface area contributed by atoms with Gasteiger partial charge >= 0.3 is 6.36 Å². The van der Waals surface area contributed by atoms with Crippen LogP contribution < -0.4 is 4.74 Å². The standard InChI is InChI=1S/C24H22ClF3N2O3S/c25-20-12-10-19(11-13-20)23(18-6-2-1-3-7-18)29-14-16-30(17-15-29)34(31,32)22-9-5-4-8-21(22)33-24(26,27)28/h1-13,23H,14-17H2/t23-/m1/s1. The van der Waals surface area contributed by atoms with E-state index in [-0.39, 0.29) is 19.1 Å². The highest BCUT2D eigenvalue weighted by Gasteiger charge is 2.37. The Morgan fingerprint density at radius 3 is 1.97 bits per heavy atom. The van der Waals surface area contributed by atoms with E-state index in [2.05, 4.69) is 9.64 Å². The quantitative estimate of drug-likeness (QED) is 0.449. The zero-order valence-electron chi connectivity index (χ0n) is 18.0. The van der Waals surface area contributed by atoms with Gasteiger partial charge in [0.2, 0.25) is 10.0 Å². The van der Waals surface area contributed by atoms with Crippen LogP contribution in [-0.2, 0) is 10.0 Å². The van der Waals surface area contributed by atoms with Gasteiger partial charge in [-0.1, -0.05) is 66.2 Å². The molecule has 0 aliphatic carbocycles. The lowest BCUT2D eigenvalue weighted by Crippen LogP contribution is -2.49. The average Bonchev–Trinajstić information content (AvgIpc) is 2.81. The maximum absolute atomic E-state index is 13.2. The first kappa shape index (κ1) is 24.5. The Morgan fingerprint density at radius 1 is 0.794 bits per heavy atom. The summed E-state index contributed by atoms with van der Waals surface area (Å²) in [7, 11) is -4.18. The van der Waals surface area contributed by atoms with Crippen molar-refractivity contribution in [1.82, 2.24) is 9.21 Å². The summed E-state index contributed by atoms with van der Waals surface area (Å²) in [6.45, 7) is 1.03. The lowest BCUT2D eigenvalue weighted by Gasteiger charge is -2.39. The zero-order chi connectivity index (χ0) is 24.3. The minimum Gasteiger partial charge on any atom is -0.404 e. The van der Waals surface area contributed by atoms with Gasteiger partial charge in [0.05, 0.1) is 6.04 Å². The second-order valence-electron chi connectivity index (χ2n) is 7.80. The number of halogens is 4. The highest BCUT2D eigenvalue weighted by atomic mass is 35.5. The van der Waals surface area contributed by atoms with Crippen molar-refractivity contribution in [1.29, 1.82) is 0 Å². The minimum atomic E-state index is -4.99. The van der Waals surface area contributed by atoms with Crippen molar-refractivity contribution in [3.8, 4) is 5.75 Å². The van der Waals surface area contributed by atoms with Gasteiger partial charge in [0, 0.05) is 31.2 Å². The van der Waals surface area contributed by atoms with Gasteiger partial charge in [-0.3, -0.25) is 4.90 Å². The van der Waals surface area contributed by atoms with Crippen molar-refractivity contribution in [2.45, 2.75) is 17.3 Å². The Labute approximate surface area is 201 Å². The third-order valence-corrected chi connectivity index (χ3v) is 7.82. The summed E-state index contributed by atoms with van der Waals surface area (Å²) in [4.78, 5) is 1.65. The number of para-hydroxylation sites is 1. The summed E-state index contributed by atoms with van der Waals surface area (Å²) < 4.78 is 69.9. The third kappa shape index (κ3) is 5.55. The monoisotopic (exact) mass is 510 g/mol. The molecule has 1 aliphatic heterocycles. The molecule has 0 N–H and O–H groups in total. The Kier molecular flexibility index (Phi) is 7.18. The van der Waals surface area contributed by atoms with Crippen molar-refractivity contribution < 1.29 is 26.3 Å². The van der Waals surface area contributed by atoms with Crippen molar-refractivity contribution in [3.05, 3.63) is 95.0 Å². The van der Waals surface area contributed by atoms with Crippen LogP contribution in [-0.4, -0.2) is 50.2 Å². The van der Waals surface area contributed by atoms with Gasteiger partial charge in [-0.25, -0.2) is 8.42 Å². The van der Waals surface area contributed by atoms with Gasteiger partial charge in [-0.2, -0.15) is 4.31 Å². The van der Waals surface area contributed by atoms with Crippen LogP contribution in [0.15, 0.2) is 83.8 Å².